The largest absolute Gasteiger partial charge is 0.337 e. The number of urea groups is 1. The summed E-state index contributed by atoms with van der Waals surface area (Å²) >= 11 is 1.55. The first-order valence-corrected chi connectivity index (χ1v) is 7.54. The molecule has 0 fully saturated rings. The fourth-order valence-corrected chi connectivity index (χ4v) is 2.58. The topological polar surface area (TPSA) is 97.2 Å². The average molecular weight is 320 g/mol. The van der Waals surface area contributed by atoms with Crippen molar-refractivity contribution in [2.75, 3.05) is 11.9 Å². The molecule has 1 heterocycles. The number of hydrogen-bond donors (Lipinski definition) is 2. The lowest BCUT2D eigenvalue weighted by molar-refractivity contribution is -0.384. The summed E-state index contributed by atoms with van der Waals surface area (Å²) in [6, 6.07) is 3.96. The van der Waals surface area contributed by atoms with Gasteiger partial charge in [0, 0.05) is 41.9 Å². The first-order chi connectivity index (χ1) is 10.5. The second kappa shape index (κ2) is 6.99. The van der Waals surface area contributed by atoms with E-state index in [1.165, 1.54) is 18.2 Å². The van der Waals surface area contributed by atoms with Gasteiger partial charge in [0.1, 0.15) is 0 Å². The van der Waals surface area contributed by atoms with Crippen LogP contribution < -0.4 is 10.6 Å². The zero-order chi connectivity index (χ0) is 16.1. The van der Waals surface area contributed by atoms with Crippen molar-refractivity contribution in [3.05, 3.63) is 50.5 Å². The van der Waals surface area contributed by atoms with Crippen LogP contribution in [0.25, 0.3) is 0 Å². The molecule has 0 spiro atoms. The zero-order valence-corrected chi connectivity index (χ0v) is 13.0. The molecule has 2 amide bonds. The van der Waals surface area contributed by atoms with E-state index in [1.807, 2.05) is 12.3 Å². The predicted octanol–water partition coefficient (Wildman–Crippen LogP) is 3.28. The van der Waals surface area contributed by atoms with Crippen LogP contribution in [0.2, 0.25) is 0 Å². The Kier molecular flexibility index (Phi) is 5.05. The smallest absolute Gasteiger partial charge is 0.319 e. The van der Waals surface area contributed by atoms with Crippen molar-refractivity contribution in [1.29, 1.82) is 0 Å². The Balaban J connectivity index is 1.91. The molecule has 116 valence electrons. The lowest BCUT2D eigenvalue weighted by atomic mass is 10.2. The van der Waals surface area contributed by atoms with Crippen molar-refractivity contribution in [2.24, 2.45) is 0 Å². The van der Waals surface area contributed by atoms with Gasteiger partial charge >= 0.3 is 6.03 Å². The number of rotatable bonds is 5. The predicted molar refractivity (Wildman–Crippen MR) is 85.4 cm³/mol. The van der Waals surface area contributed by atoms with Gasteiger partial charge in [0.05, 0.1) is 9.93 Å². The number of non-ortho nitro benzene ring substituents is 1. The molecule has 1 atom stereocenters. The number of hydrogen-bond acceptors (Lipinski definition) is 5. The van der Waals surface area contributed by atoms with Crippen LogP contribution in [0.15, 0.2) is 29.8 Å². The Morgan fingerprint density at radius 1 is 1.50 bits per heavy atom. The molecule has 2 aromatic rings. The number of nitro groups is 1. The van der Waals surface area contributed by atoms with E-state index in [1.54, 1.807) is 24.5 Å². The van der Waals surface area contributed by atoms with Gasteiger partial charge in [-0.2, -0.15) is 0 Å². The number of nitrogens with zero attached hydrogens (tertiary/aromatic N) is 2. The van der Waals surface area contributed by atoms with E-state index in [0.29, 0.717) is 17.8 Å². The van der Waals surface area contributed by atoms with Gasteiger partial charge in [-0.05, 0) is 18.6 Å². The van der Waals surface area contributed by atoms with E-state index < -0.39 is 4.92 Å². The third-order valence-electron chi connectivity index (χ3n) is 3.11. The fraction of sp³-hybridized carbons (Fsp3) is 0.286. The maximum Gasteiger partial charge on any atom is 0.319 e. The molecule has 0 unspecified atom stereocenters. The second-order valence-electron chi connectivity index (χ2n) is 4.86. The van der Waals surface area contributed by atoms with Crippen LogP contribution >= 0.6 is 11.3 Å². The molecule has 1 aromatic heterocycles. The third-order valence-corrected chi connectivity index (χ3v) is 4.12. The number of carbonyl (C=O) groups is 1. The summed E-state index contributed by atoms with van der Waals surface area (Å²) in [6.45, 7) is 4.16. The van der Waals surface area contributed by atoms with Gasteiger partial charge in [0.2, 0.25) is 0 Å². The van der Waals surface area contributed by atoms with E-state index in [9.17, 15) is 14.9 Å². The summed E-state index contributed by atoms with van der Waals surface area (Å²) in [4.78, 5) is 26.3. The average Bonchev–Trinajstić information content (AvgIpc) is 3.01. The van der Waals surface area contributed by atoms with Crippen LogP contribution in [0, 0.1) is 17.0 Å². The second-order valence-corrected chi connectivity index (χ2v) is 5.79. The van der Waals surface area contributed by atoms with E-state index in [0.717, 1.165) is 5.01 Å². The first kappa shape index (κ1) is 15.9. The molecule has 2 rings (SSSR count). The number of aromatic nitrogens is 1. The van der Waals surface area contributed by atoms with Gasteiger partial charge in [-0.1, -0.05) is 6.92 Å². The molecule has 0 aliphatic carbocycles. The standard InChI is InChI=1S/C14H16N4O3S/c1-9-7-11(18(20)21)3-4-12(9)17-14(19)16-8-10(2)13-15-5-6-22-13/h3-7,10H,8H2,1-2H3,(H2,16,17,19)/t10-/m1/s1. The Morgan fingerprint density at radius 2 is 2.27 bits per heavy atom. The lowest BCUT2D eigenvalue weighted by Gasteiger charge is -2.12. The molecule has 1 aromatic carbocycles. The highest BCUT2D eigenvalue weighted by Gasteiger charge is 2.12. The highest BCUT2D eigenvalue weighted by atomic mass is 32.1. The fourth-order valence-electron chi connectivity index (χ4n) is 1.88. The quantitative estimate of drug-likeness (QED) is 0.652. The Bertz CT molecular complexity index is 673. The molecule has 0 aliphatic heterocycles. The first-order valence-electron chi connectivity index (χ1n) is 6.66. The highest BCUT2D eigenvalue weighted by Crippen LogP contribution is 2.21. The van der Waals surface area contributed by atoms with Gasteiger partial charge in [0.25, 0.3) is 5.69 Å². The molecule has 0 aliphatic rings. The minimum Gasteiger partial charge on any atom is -0.337 e. The number of anilines is 1. The van der Waals surface area contributed by atoms with E-state index >= 15 is 0 Å². The number of amides is 2. The van der Waals surface area contributed by atoms with Crippen molar-refractivity contribution in [3.63, 3.8) is 0 Å². The number of nitro benzene ring substituents is 1. The van der Waals surface area contributed by atoms with Crippen LogP contribution in [0.3, 0.4) is 0 Å². The van der Waals surface area contributed by atoms with Crippen LogP contribution in [0.5, 0.6) is 0 Å². The Hall–Kier alpha value is -2.48. The zero-order valence-electron chi connectivity index (χ0n) is 12.2. The number of aryl methyl sites for hydroxylation is 1. The highest BCUT2D eigenvalue weighted by molar-refractivity contribution is 7.09. The molecule has 0 bridgehead atoms. The molecule has 22 heavy (non-hydrogen) atoms. The number of benzene rings is 1. The van der Waals surface area contributed by atoms with Crippen molar-refractivity contribution in [2.45, 2.75) is 19.8 Å². The van der Waals surface area contributed by atoms with Crippen LogP contribution in [-0.4, -0.2) is 22.5 Å². The third kappa shape index (κ3) is 4.01. The number of carbonyl (C=O) groups excluding carboxylic acids is 1. The van der Waals surface area contributed by atoms with E-state index in [4.69, 9.17) is 0 Å². The van der Waals surface area contributed by atoms with Crippen LogP contribution in [-0.2, 0) is 0 Å². The van der Waals surface area contributed by atoms with Crippen molar-refractivity contribution in [3.8, 4) is 0 Å². The normalized spacial score (nSPS) is 11.7. The monoisotopic (exact) mass is 320 g/mol. The van der Waals surface area contributed by atoms with Gasteiger partial charge in [-0.25, -0.2) is 9.78 Å². The minimum atomic E-state index is -0.466. The Morgan fingerprint density at radius 3 is 2.86 bits per heavy atom. The molecule has 8 heteroatoms. The molecule has 0 saturated heterocycles. The van der Waals surface area contributed by atoms with Crippen molar-refractivity contribution >= 4 is 28.7 Å². The van der Waals surface area contributed by atoms with Gasteiger partial charge in [-0.3, -0.25) is 10.1 Å². The van der Waals surface area contributed by atoms with E-state index in [-0.39, 0.29) is 17.6 Å². The van der Waals surface area contributed by atoms with Gasteiger partial charge in [0.15, 0.2) is 0 Å². The minimum absolute atomic E-state index is 0.000787. The summed E-state index contributed by atoms with van der Waals surface area (Å²) in [7, 11) is 0. The molecule has 0 saturated carbocycles. The molecular weight excluding hydrogens is 304 g/mol. The van der Waals surface area contributed by atoms with Crippen molar-refractivity contribution in [1.82, 2.24) is 10.3 Å². The van der Waals surface area contributed by atoms with Gasteiger partial charge in [-0.15, -0.1) is 11.3 Å². The molecule has 2 N–H and O–H groups in total. The molecule has 0 radical (unpaired) electrons. The summed E-state index contributed by atoms with van der Waals surface area (Å²) in [5.74, 6) is 0.128. The summed E-state index contributed by atoms with van der Waals surface area (Å²) < 4.78 is 0. The molecule has 7 nitrogen and oxygen atoms in total. The van der Waals surface area contributed by atoms with Crippen LogP contribution in [0.4, 0.5) is 16.2 Å². The van der Waals surface area contributed by atoms with Gasteiger partial charge < -0.3 is 10.6 Å². The summed E-state index contributed by atoms with van der Waals surface area (Å²) in [5.41, 5.74) is 1.18. The number of nitrogens with one attached hydrogen (secondary N) is 2. The maximum atomic E-state index is 11.9. The SMILES string of the molecule is Cc1cc([N+](=O)[O-])ccc1NC(=O)NC[C@@H](C)c1nccs1. The van der Waals surface area contributed by atoms with Crippen LogP contribution in [0.1, 0.15) is 23.4 Å². The molecular formula is C14H16N4O3S. The Labute approximate surface area is 131 Å². The maximum absolute atomic E-state index is 11.9. The summed E-state index contributed by atoms with van der Waals surface area (Å²) in [6.07, 6.45) is 1.73. The lowest BCUT2D eigenvalue weighted by Crippen LogP contribution is -2.32. The summed E-state index contributed by atoms with van der Waals surface area (Å²) in [5, 5.41) is 19.0. The van der Waals surface area contributed by atoms with Crippen molar-refractivity contribution < 1.29 is 9.72 Å². The number of thiazole rings is 1. The van der Waals surface area contributed by atoms with E-state index in [2.05, 4.69) is 15.6 Å².